The van der Waals surface area contributed by atoms with Crippen LogP contribution in [0.2, 0.25) is 0 Å². The minimum Gasteiger partial charge on any atom is -0.491 e. The predicted molar refractivity (Wildman–Crippen MR) is 196 cm³/mol. The van der Waals surface area contributed by atoms with Gasteiger partial charge in [-0.1, -0.05) is 45.4 Å². The third kappa shape index (κ3) is 10.9. The number of ether oxygens (including phenoxy) is 2. The number of hydrogen-bond donors (Lipinski definition) is 1. The topological polar surface area (TPSA) is 68.6 Å². The molecule has 266 valence electrons. The van der Waals surface area contributed by atoms with E-state index < -0.39 is 12.7 Å². The summed E-state index contributed by atoms with van der Waals surface area (Å²) in [5.41, 5.74) is 5.53. The van der Waals surface area contributed by atoms with E-state index in [4.69, 9.17) is 9.47 Å². The molecule has 0 spiro atoms. The Labute approximate surface area is 296 Å². The van der Waals surface area contributed by atoms with Gasteiger partial charge in [0.05, 0.1) is 12.4 Å². The first kappa shape index (κ1) is 37.0. The van der Waals surface area contributed by atoms with E-state index >= 15 is 0 Å². The van der Waals surface area contributed by atoms with Crippen molar-refractivity contribution in [3.8, 4) is 16.9 Å². The van der Waals surface area contributed by atoms with E-state index in [1.54, 1.807) is 0 Å². The number of fused-ring (bicyclic) bond motifs is 1. The minimum atomic E-state index is -4.31. The Morgan fingerprint density at radius 1 is 1.00 bits per heavy atom. The van der Waals surface area contributed by atoms with Crippen LogP contribution in [-0.2, 0) is 21.8 Å². The normalized spacial score (nSPS) is 13.2. The summed E-state index contributed by atoms with van der Waals surface area (Å²) in [5, 5.41) is 3.04. The average Bonchev–Trinajstić information content (AvgIpc) is 3.43. The van der Waals surface area contributed by atoms with Crippen molar-refractivity contribution in [1.29, 1.82) is 0 Å². The minimum absolute atomic E-state index is 0.164. The first-order chi connectivity index (χ1) is 24.1. The molecule has 0 bridgehead atoms. The maximum atomic E-state index is 13.6. The van der Waals surface area contributed by atoms with Crippen LogP contribution in [0.25, 0.3) is 17.2 Å². The molecule has 1 aliphatic rings. The standard InChI is InChI=1S/C39H45F3N4O3S/c1-4-5-20-48-21-22-49-34-11-6-29(7-12-34)30-8-15-36-32(23-30)24-31(16-18-45(36)25-28(2)3)38(47)44-33-9-13-35(14-10-33)50-26-37-43-17-19-46(37)27-39(40,41)42/h6-15,17,19,23-24,28H,4-5,16,18,20-22,25-27H2,1-3H3,(H,44,47). The van der Waals surface area contributed by atoms with Crippen molar-refractivity contribution < 1.29 is 27.4 Å². The molecule has 1 N–H and O–H groups in total. The van der Waals surface area contributed by atoms with Gasteiger partial charge < -0.3 is 24.3 Å². The third-order valence-electron chi connectivity index (χ3n) is 8.18. The molecule has 1 amide bonds. The molecule has 1 aliphatic heterocycles. The van der Waals surface area contributed by atoms with E-state index in [0.29, 0.717) is 48.4 Å². The highest BCUT2D eigenvalue weighted by Crippen LogP contribution is 2.34. The number of amides is 1. The van der Waals surface area contributed by atoms with Gasteiger partial charge >= 0.3 is 6.18 Å². The molecule has 2 heterocycles. The van der Waals surface area contributed by atoms with Crippen LogP contribution in [0.5, 0.6) is 5.75 Å². The fourth-order valence-electron chi connectivity index (χ4n) is 5.70. The SMILES string of the molecule is CCCCOCCOc1ccc(-c2ccc3c(c2)C=C(C(=O)Nc2ccc(SCc4nccn4CC(F)(F)F)cc2)CCN3CC(C)C)cc1. The number of carbonyl (C=O) groups is 1. The number of hydrogen-bond acceptors (Lipinski definition) is 6. The fraction of sp³-hybridized carbons (Fsp3) is 0.385. The first-order valence-electron chi connectivity index (χ1n) is 17.1. The zero-order valence-electron chi connectivity index (χ0n) is 28.8. The highest BCUT2D eigenvalue weighted by Gasteiger charge is 2.29. The molecule has 5 rings (SSSR count). The van der Waals surface area contributed by atoms with Gasteiger partial charge in [0.2, 0.25) is 0 Å². The van der Waals surface area contributed by atoms with Crippen molar-refractivity contribution in [3.63, 3.8) is 0 Å². The third-order valence-corrected chi connectivity index (χ3v) is 9.19. The van der Waals surface area contributed by atoms with E-state index in [1.807, 2.05) is 54.6 Å². The lowest BCUT2D eigenvalue weighted by Crippen LogP contribution is -2.29. The van der Waals surface area contributed by atoms with E-state index in [-0.39, 0.29) is 5.91 Å². The molecule has 0 fully saturated rings. The second-order valence-electron chi connectivity index (χ2n) is 12.7. The number of imidazole rings is 1. The van der Waals surface area contributed by atoms with Crippen LogP contribution in [0.4, 0.5) is 24.5 Å². The number of benzene rings is 3. The first-order valence-corrected chi connectivity index (χ1v) is 18.1. The van der Waals surface area contributed by atoms with Crippen molar-refractivity contribution >= 4 is 35.1 Å². The van der Waals surface area contributed by atoms with E-state index in [2.05, 4.69) is 54.2 Å². The number of thioether (sulfide) groups is 1. The van der Waals surface area contributed by atoms with Gasteiger partial charge in [0.1, 0.15) is 24.7 Å². The maximum absolute atomic E-state index is 13.6. The molecule has 50 heavy (non-hydrogen) atoms. The van der Waals surface area contributed by atoms with Crippen LogP contribution >= 0.6 is 11.8 Å². The second kappa shape index (κ2) is 17.6. The Morgan fingerprint density at radius 3 is 2.48 bits per heavy atom. The van der Waals surface area contributed by atoms with E-state index in [1.165, 1.54) is 24.2 Å². The average molecular weight is 707 g/mol. The quantitative estimate of drug-likeness (QED) is 0.0925. The molecule has 0 radical (unpaired) electrons. The van der Waals surface area contributed by atoms with Crippen molar-refractivity contribution in [2.75, 3.05) is 43.1 Å². The Hall–Kier alpha value is -4.22. The number of alkyl halides is 3. The Balaban J connectivity index is 1.25. The van der Waals surface area contributed by atoms with Gasteiger partial charge in [-0.05, 0) is 90.1 Å². The lowest BCUT2D eigenvalue weighted by atomic mass is 10.00. The van der Waals surface area contributed by atoms with Gasteiger partial charge in [0.25, 0.3) is 5.91 Å². The molecular formula is C39H45F3N4O3S. The van der Waals surface area contributed by atoms with Crippen LogP contribution < -0.4 is 15.0 Å². The summed E-state index contributed by atoms with van der Waals surface area (Å²) in [6.45, 7) is 8.89. The van der Waals surface area contributed by atoms with Crippen molar-refractivity contribution in [2.24, 2.45) is 5.92 Å². The number of nitrogens with one attached hydrogen (secondary N) is 1. The molecule has 0 atom stereocenters. The van der Waals surface area contributed by atoms with Gasteiger partial charge in [-0.2, -0.15) is 13.2 Å². The molecule has 0 saturated carbocycles. The lowest BCUT2D eigenvalue weighted by molar-refractivity contribution is -0.141. The number of halogens is 3. The van der Waals surface area contributed by atoms with Crippen LogP contribution in [-0.4, -0.2) is 54.5 Å². The molecule has 0 aliphatic carbocycles. The van der Waals surface area contributed by atoms with Crippen molar-refractivity contribution in [3.05, 3.63) is 96.1 Å². The van der Waals surface area contributed by atoms with Crippen LogP contribution in [0.3, 0.4) is 0 Å². The largest absolute Gasteiger partial charge is 0.491 e. The maximum Gasteiger partial charge on any atom is 0.406 e. The summed E-state index contributed by atoms with van der Waals surface area (Å²) in [6, 6.07) is 21.8. The van der Waals surface area contributed by atoms with Gasteiger partial charge in [0, 0.05) is 53.9 Å². The van der Waals surface area contributed by atoms with Gasteiger partial charge in [-0.15, -0.1) is 11.8 Å². The molecule has 3 aromatic carbocycles. The number of unbranched alkanes of at least 4 members (excludes halogenated alkanes) is 1. The molecule has 1 aromatic heterocycles. The van der Waals surface area contributed by atoms with Crippen molar-refractivity contribution in [2.45, 2.75) is 63.4 Å². The summed E-state index contributed by atoms with van der Waals surface area (Å²) in [7, 11) is 0. The summed E-state index contributed by atoms with van der Waals surface area (Å²) in [5.74, 6) is 1.73. The summed E-state index contributed by atoms with van der Waals surface area (Å²) >= 11 is 1.39. The Bertz CT molecular complexity index is 1720. The number of carbonyl (C=O) groups excluding carboxylic acids is 1. The van der Waals surface area contributed by atoms with Crippen LogP contribution in [0.15, 0.2) is 89.6 Å². The van der Waals surface area contributed by atoms with Crippen LogP contribution in [0.1, 0.15) is 51.4 Å². The molecule has 11 heteroatoms. The molecule has 4 aromatic rings. The summed E-state index contributed by atoms with van der Waals surface area (Å²) < 4.78 is 51.2. The van der Waals surface area contributed by atoms with Gasteiger partial charge in [-0.25, -0.2) is 4.98 Å². The predicted octanol–water partition coefficient (Wildman–Crippen LogP) is 9.49. The summed E-state index contributed by atoms with van der Waals surface area (Å²) in [4.78, 5) is 20.9. The van der Waals surface area contributed by atoms with Gasteiger partial charge in [-0.3, -0.25) is 4.79 Å². The lowest BCUT2D eigenvalue weighted by Gasteiger charge is -2.27. The Kier molecular flexibility index (Phi) is 13.1. The molecule has 7 nitrogen and oxygen atoms in total. The number of aromatic nitrogens is 2. The second-order valence-corrected chi connectivity index (χ2v) is 13.8. The molecular weight excluding hydrogens is 662 g/mol. The highest BCUT2D eigenvalue weighted by atomic mass is 32.2. The Morgan fingerprint density at radius 2 is 1.76 bits per heavy atom. The van der Waals surface area contributed by atoms with E-state index in [0.717, 1.165) is 70.1 Å². The van der Waals surface area contributed by atoms with Crippen molar-refractivity contribution in [1.82, 2.24) is 9.55 Å². The highest BCUT2D eigenvalue weighted by molar-refractivity contribution is 7.98. The van der Waals surface area contributed by atoms with Crippen LogP contribution in [0, 0.1) is 5.92 Å². The van der Waals surface area contributed by atoms with E-state index in [9.17, 15) is 18.0 Å². The molecule has 0 unspecified atom stereocenters. The fourth-order valence-corrected chi connectivity index (χ4v) is 6.57. The number of rotatable bonds is 16. The zero-order chi connectivity index (χ0) is 35.5. The smallest absolute Gasteiger partial charge is 0.406 e. The number of nitrogens with zero attached hydrogens (tertiary/aromatic N) is 3. The van der Waals surface area contributed by atoms with Gasteiger partial charge in [0.15, 0.2) is 0 Å². The summed E-state index contributed by atoms with van der Waals surface area (Å²) in [6.07, 6.45) is 3.16. The zero-order valence-corrected chi connectivity index (χ0v) is 29.7. The molecule has 0 saturated heterocycles. The monoisotopic (exact) mass is 706 g/mol. The number of anilines is 2.